The van der Waals surface area contributed by atoms with E-state index in [0.29, 0.717) is 23.4 Å². The molecular weight excluding hydrogens is 417 g/mol. The van der Waals surface area contributed by atoms with Crippen LogP contribution in [0.15, 0.2) is 34.6 Å². The molecule has 1 aromatic carbocycles. The van der Waals surface area contributed by atoms with Crippen LogP contribution in [0, 0.1) is 0 Å². The minimum absolute atomic E-state index is 0.0949. The molecule has 0 atom stereocenters. The lowest BCUT2D eigenvalue weighted by atomic mass is 10.1. The number of carbonyl (C=O) groups is 1. The quantitative estimate of drug-likeness (QED) is 0.356. The van der Waals surface area contributed by atoms with Crippen LogP contribution in [0.3, 0.4) is 0 Å². The molecule has 0 fully saturated rings. The van der Waals surface area contributed by atoms with Gasteiger partial charge in [0, 0.05) is 12.6 Å². The Morgan fingerprint density at radius 2 is 1.94 bits per heavy atom. The van der Waals surface area contributed by atoms with Crippen LogP contribution in [0.25, 0.3) is 0 Å². The molecule has 2 aromatic rings. The average Bonchev–Trinajstić information content (AvgIpc) is 3.05. The number of nitrogens with zero attached hydrogens (tertiary/aromatic N) is 4. The summed E-state index contributed by atoms with van der Waals surface area (Å²) in [4.78, 5) is 22.3. The number of hydrogen-bond donors (Lipinski definition) is 0. The molecule has 31 heavy (non-hydrogen) atoms. The van der Waals surface area contributed by atoms with Gasteiger partial charge in [0.15, 0.2) is 0 Å². The lowest BCUT2D eigenvalue weighted by molar-refractivity contribution is -0.137. The molecule has 11 heteroatoms. The minimum Gasteiger partial charge on any atom is -0.464 e. The first-order chi connectivity index (χ1) is 14.6. The van der Waals surface area contributed by atoms with E-state index in [4.69, 9.17) is 14.4 Å². The van der Waals surface area contributed by atoms with Crippen molar-refractivity contribution in [3.63, 3.8) is 0 Å². The first-order valence-corrected chi connectivity index (χ1v) is 9.22. The number of benzene rings is 1. The van der Waals surface area contributed by atoms with Gasteiger partial charge in [0.05, 0.1) is 24.1 Å². The average molecular weight is 440 g/mol. The van der Waals surface area contributed by atoms with Gasteiger partial charge in [-0.25, -0.2) is 4.79 Å². The van der Waals surface area contributed by atoms with Crippen LogP contribution >= 0.6 is 0 Å². The topological polar surface area (TPSA) is 87.3 Å². The highest BCUT2D eigenvalue weighted by Crippen LogP contribution is 2.29. The summed E-state index contributed by atoms with van der Waals surface area (Å²) in [6.45, 7) is 3.31. The Balaban J connectivity index is 2.33. The second-order valence-electron chi connectivity index (χ2n) is 6.39. The zero-order chi connectivity index (χ0) is 23.2. The number of hydrogen-bond acceptors (Lipinski definition) is 7. The summed E-state index contributed by atoms with van der Waals surface area (Å²) in [5.41, 5.74) is 1.15. The van der Waals surface area contributed by atoms with E-state index in [-0.39, 0.29) is 23.6 Å². The molecule has 0 N–H and O–H groups in total. The third-order valence-corrected chi connectivity index (χ3v) is 4.37. The number of rotatable bonds is 8. The summed E-state index contributed by atoms with van der Waals surface area (Å²) in [6, 6.07) is 4.78. The van der Waals surface area contributed by atoms with Gasteiger partial charge < -0.3 is 14.4 Å². The van der Waals surface area contributed by atoms with E-state index >= 15 is 0 Å². The molecule has 0 aliphatic rings. The number of alkyl halides is 3. The van der Waals surface area contributed by atoms with Gasteiger partial charge in [-0.3, -0.25) is 4.68 Å². The number of carbonyl (C=O) groups excluding carboxylic acids is 1. The maximum Gasteiger partial charge on any atom is 0.416 e. The van der Waals surface area contributed by atoms with Gasteiger partial charge in [-0.15, -0.1) is 0 Å². The summed E-state index contributed by atoms with van der Waals surface area (Å²) in [7, 11) is 4.13. The highest BCUT2D eigenvalue weighted by Gasteiger charge is 2.30. The number of esters is 1. The largest absolute Gasteiger partial charge is 0.464 e. The van der Waals surface area contributed by atoms with Crippen molar-refractivity contribution in [3.8, 4) is 0 Å². The summed E-state index contributed by atoms with van der Waals surface area (Å²) < 4.78 is 45.0. The van der Waals surface area contributed by atoms with Gasteiger partial charge in [0.25, 0.3) is 0 Å². The van der Waals surface area contributed by atoms with Crippen molar-refractivity contribution in [2.45, 2.75) is 33.1 Å². The predicted molar refractivity (Wildman–Crippen MR) is 107 cm³/mol. The van der Waals surface area contributed by atoms with E-state index in [1.165, 1.54) is 38.0 Å². The number of aromatic nitrogens is 2. The molecular formula is C20H23F3N4O4. The molecule has 0 spiro atoms. The predicted octanol–water partition coefficient (Wildman–Crippen LogP) is 3.47. The van der Waals surface area contributed by atoms with Gasteiger partial charge >= 0.3 is 12.1 Å². The summed E-state index contributed by atoms with van der Waals surface area (Å²) in [5, 5.41) is 12.0. The second-order valence-corrected chi connectivity index (χ2v) is 6.39. The molecule has 0 unspecified atom stereocenters. The van der Waals surface area contributed by atoms with E-state index in [1.807, 2.05) is 6.92 Å². The molecule has 8 nitrogen and oxygen atoms in total. The molecule has 0 aliphatic heterocycles. The normalized spacial score (nSPS) is 12.6. The maximum absolute atomic E-state index is 12.9. The number of methoxy groups -OCH3 is 1. The summed E-state index contributed by atoms with van der Waals surface area (Å²) >= 11 is 0. The highest BCUT2D eigenvalue weighted by atomic mass is 19.4. The highest BCUT2D eigenvalue weighted by molar-refractivity contribution is 6.43. The zero-order valence-corrected chi connectivity index (χ0v) is 17.8. The molecule has 0 saturated heterocycles. The molecule has 0 amide bonds. The molecule has 0 saturated carbocycles. The van der Waals surface area contributed by atoms with E-state index < -0.39 is 17.7 Å². The fourth-order valence-electron chi connectivity index (χ4n) is 2.89. The van der Waals surface area contributed by atoms with Crippen molar-refractivity contribution in [1.82, 2.24) is 9.78 Å². The van der Waals surface area contributed by atoms with Crippen LogP contribution in [0.5, 0.6) is 0 Å². The smallest absolute Gasteiger partial charge is 0.416 e. The lowest BCUT2D eigenvalue weighted by Crippen LogP contribution is -2.22. The molecule has 2 rings (SSSR count). The van der Waals surface area contributed by atoms with E-state index in [2.05, 4.69) is 15.4 Å². The van der Waals surface area contributed by atoms with E-state index in [0.717, 1.165) is 12.1 Å². The van der Waals surface area contributed by atoms with Crippen LogP contribution in [0.4, 0.5) is 13.2 Å². The Bertz CT molecular complexity index is 997. The number of halogens is 3. The first kappa shape index (κ1) is 23.9. The van der Waals surface area contributed by atoms with Crippen LogP contribution < -0.4 is 0 Å². The number of aryl methyl sites for hydroxylation is 2. The molecule has 1 heterocycles. The van der Waals surface area contributed by atoms with Gasteiger partial charge in [0.2, 0.25) is 5.71 Å². The monoisotopic (exact) mass is 440 g/mol. The van der Waals surface area contributed by atoms with Crippen LogP contribution in [-0.2, 0) is 45.5 Å². The first-order valence-electron chi connectivity index (χ1n) is 9.22. The Morgan fingerprint density at radius 1 is 1.23 bits per heavy atom. The molecule has 0 bridgehead atoms. The third-order valence-electron chi connectivity index (χ3n) is 4.37. The van der Waals surface area contributed by atoms with Gasteiger partial charge in [-0.2, -0.15) is 18.3 Å². The minimum atomic E-state index is -4.46. The summed E-state index contributed by atoms with van der Waals surface area (Å²) in [5.74, 6) is -0.725. The molecule has 1 aromatic heterocycles. The van der Waals surface area contributed by atoms with Crippen molar-refractivity contribution in [1.29, 1.82) is 0 Å². The Kier molecular flexibility index (Phi) is 7.78. The van der Waals surface area contributed by atoms with Crippen molar-refractivity contribution in [2.75, 3.05) is 14.2 Å². The maximum atomic E-state index is 12.9. The SMILES string of the molecule is CCc1nn(C)c(/C(=N\OC)C(=O)OC)c1CO/N=C(\C)c1cccc(C(F)(F)F)c1. The zero-order valence-electron chi connectivity index (χ0n) is 17.8. The van der Waals surface area contributed by atoms with Crippen molar-refractivity contribution in [3.05, 3.63) is 52.3 Å². The molecule has 0 radical (unpaired) electrons. The fourth-order valence-corrected chi connectivity index (χ4v) is 2.89. The van der Waals surface area contributed by atoms with Gasteiger partial charge in [-0.1, -0.05) is 29.4 Å². The van der Waals surface area contributed by atoms with Crippen LogP contribution in [-0.4, -0.2) is 41.4 Å². The van der Waals surface area contributed by atoms with Crippen LogP contribution in [0.1, 0.15) is 41.9 Å². The van der Waals surface area contributed by atoms with E-state index in [9.17, 15) is 18.0 Å². The standard InChI is InChI=1S/C20H23F3N4O4/c1-6-16-15(18(27(3)24-16)17(26-30-5)19(28)29-4)11-31-25-12(2)13-8-7-9-14(10-13)20(21,22)23/h7-10H,6,11H2,1-5H3/b25-12+,26-17+. The number of ether oxygens (including phenoxy) is 1. The van der Waals surface area contributed by atoms with Gasteiger partial charge in [-0.05, 0) is 31.0 Å². The van der Waals surface area contributed by atoms with Crippen LogP contribution in [0.2, 0.25) is 0 Å². The number of oxime groups is 2. The Morgan fingerprint density at radius 3 is 2.52 bits per heavy atom. The Labute approximate surface area is 177 Å². The third kappa shape index (κ3) is 5.62. The second kappa shape index (κ2) is 10.1. The molecule has 168 valence electrons. The lowest BCUT2D eigenvalue weighted by Gasteiger charge is -2.09. The Hall–Kier alpha value is -3.37. The van der Waals surface area contributed by atoms with Crippen molar-refractivity contribution < 1.29 is 32.4 Å². The fraction of sp³-hybridized carbons (Fsp3) is 0.400. The summed E-state index contributed by atoms with van der Waals surface area (Å²) in [6.07, 6.45) is -3.92. The van der Waals surface area contributed by atoms with Crippen molar-refractivity contribution in [2.24, 2.45) is 17.4 Å². The molecule has 0 aliphatic carbocycles. The van der Waals surface area contributed by atoms with Gasteiger partial charge in [0.1, 0.15) is 19.4 Å². The van der Waals surface area contributed by atoms with E-state index in [1.54, 1.807) is 7.05 Å². The van der Waals surface area contributed by atoms with Crippen molar-refractivity contribution >= 4 is 17.4 Å².